The number of benzene rings is 1. The first-order chi connectivity index (χ1) is 12.1. The lowest BCUT2D eigenvalue weighted by molar-refractivity contribution is 0.368. The second-order valence-electron chi connectivity index (χ2n) is 5.32. The van der Waals surface area contributed by atoms with Crippen molar-refractivity contribution in [2.45, 2.75) is 0 Å². The number of aromatic nitrogens is 2. The Morgan fingerprint density at radius 2 is 1.84 bits per heavy atom. The van der Waals surface area contributed by atoms with Gasteiger partial charge in [0.2, 0.25) is 5.95 Å². The molecule has 0 saturated carbocycles. The van der Waals surface area contributed by atoms with Gasteiger partial charge in [-0.05, 0) is 42.5 Å². The molecule has 3 N–H and O–H groups in total. The number of nitrogens with zero attached hydrogens (tertiary/aromatic N) is 2. The lowest BCUT2D eigenvalue weighted by Crippen LogP contribution is -2.07. The Balaban J connectivity index is 2.08. The third kappa shape index (κ3) is 3.42. The summed E-state index contributed by atoms with van der Waals surface area (Å²) in [6.07, 6.45) is 7.02. The van der Waals surface area contributed by atoms with Crippen molar-refractivity contribution in [1.82, 2.24) is 9.97 Å². The molecular weight excluding hydrogens is 316 g/mol. The summed E-state index contributed by atoms with van der Waals surface area (Å²) < 4.78 is 10.8. The standard InChI is InChI=1S/C19H18N4O2/c1-24-14-6-3-12(4-7-14)18(25-2)15-11-13(5-8-16(15)20)17-9-10-22-19(21)23-17/h3-11,20H,1-2H3,(H2,21,22,23)/b18-15-,20-16?. The van der Waals surface area contributed by atoms with Crippen LogP contribution in [0.4, 0.5) is 5.95 Å². The summed E-state index contributed by atoms with van der Waals surface area (Å²) in [4.78, 5) is 8.14. The van der Waals surface area contributed by atoms with Crippen LogP contribution in [0.15, 0.2) is 60.3 Å². The van der Waals surface area contributed by atoms with Gasteiger partial charge in [-0.3, -0.25) is 0 Å². The van der Waals surface area contributed by atoms with Crippen LogP contribution in [0.1, 0.15) is 11.3 Å². The number of rotatable bonds is 4. The highest BCUT2D eigenvalue weighted by molar-refractivity contribution is 6.16. The molecule has 3 rings (SSSR count). The fourth-order valence-corrected chi connectivity index (χ4v) is 2.55. The monoisotopic (exact) mass is 334 g/mol. The number of nitrogens with two attached hydrogens (primary N) is 1. The number of ether oxygens (including phenoxy) is 2. The van der Waals surface area contributed by atoms with Crippen LogP contribution in [-0.2, 0) is 4.74 Å². The van der Waals surface area contributed by atoms with E-state index in [1.54, 1.807) is 32.6 Å². The third-order valence-corrected chi connectivity index (χ3v) is 3.79. The number of hydrogen-bond acceptors (Lipinski definition) is 6. The minimum atomic E-state index is 0.208. The highest BCUT2D eigenvalue weighted by Crippen LogP contribution is 2.29. The van der Waals surface area contributed by atoms with E-state index >= 15 is 0 Å². The SMILES string of the molecule is CO/C(=C1/C=C(c2ccnc(N)n2)C=CC1=N)c1ccc(OC)cc1. The maximum atomic E-state index is 8.25. The van der Waals surface area contributed by atoms with Crippen LogP contribution in [0.2, 0.25) is 0 Å². The van der Waals surface area contributed by atoms with Gasteiger partial charge < -0.3 is 20.6 Å². The second kappa shape index (κ2) is 7.00. The van der Waals surface area contributed by atoms with E-state index in [0.29, 0.717) is 22.7 Å². The molecule has 0 atom stereocenters. The van der Waals surface area contributed by atoms with E-state index in [1.807, 2.05) is 36.4 Å². The zero-order valence-corrected chi connectivity index (χ0v) is 14.0. The number of allylic oxidation sites excluding steroid dienone is 5. The topological polar surface area (TPSA) is 94.1 Å². The van der Waals surface area contributed by atoms with Gasteiger partial charge in [0.15, 0.2) is 0 Å². The highest BCUT2D eigenvalue weighted by Gasteiger charge is 2.17. The molecule has 0 spiro atoms. The van der Waals surface area contributed by atoms with E-state index in [0.717, 1.165) is 16.9 Å². The zero-order valence-electron chi connectivity index (χ0n) is 14.0. The number of hydrogen-bond donors (Lipinski definition) is 2. The Kier molecular flexibility index (Phi) is 4.61. The van der Waals surface area contributed by atoms with Gasteiger partial charge in [-0.1, -0.05) is 6.08 Å². The van der Waals surface area contributed by atoms with E-state index in [-0.39, 0.29) is 5.95 Å². The molecule has 0 unspecified atom stereocenters. The fraction of sp³-hybridized carbons (Fsp3) is 0.105. The molecule has 25 heavy (non-hydrogen) atoms. The average Bonchev–Trinajstić information content (AvgIpc) is 2.64. The van der Waals surface area contributed by atoms with Crippen molar-refractivity contribution in [3.8, 4) is 5.75 Å². The normalized spacial score (nSPS) is 15.6. The summed E-state index contributed by atoms with van der Waals surface area (Å²) in [6, 6.07) is 9.28. The van der Waals surface area contributed by atoms with Crippen LogP contribution in [0.3, 0.4) is 0 Å². The minimum Gasteiger partial charge on any atom is -0.497 e. The van der Waals surface area contributed by atoms with Crippen LogP contribution in [0.25, 0.3) is 11.3 Å². The average molecular weight is 334 g/mol. The Morgan fingerprint density at radius 1 is 1.08 bits per heavy atom. The number of methoxy groups -OCH3 is 2. The summed E-state index contributed by atoms with van der Waals surface area (Å²) >= 11 is 0. The van der Waals surface area contributed by atoms with Crippen molar-refractivity contribution in [1.29, 1.82) is 5.41 Å². The van der Waals surface area contributed by atoms with E-state index in [9.17, 15) is 0 Å². The first kappa shape index (κ1) is 16.4. The third-order valence-electron chi connectivity index (χ3n) is 3.79. The molecule has 0 radical (unpaired) electrons. The molecule has 126 valence electrons. The van der Waals surface area contributed by atoms with Gasteiger partial charge in [0.05, 0.1) is 25.6 Å². The smallest absolute Gasteiger partial charge is 0.220 e. The molecule has 6 heteroatoms. The largest absolute Gasteiger partial charge is 0.497 e. The summed E-state index contributed by atoms with van der Waals surface area (Å²) in [5.74, 6) is 1.58. The van der Waals surface area contributed by atoms with Gasteiger partial charge in [-0.15, -0.1) is 0 Å². The fourth-order valence-electron chi connectivity index (χ4n) is 2.55. The second-order valence-corrected chi connectivity index (χ2v) is 5.32. The van der Waals surface area contributed by atoms with E-state index in [1.165, 1.54) is 0 Å². The van der Waals surface area contributed by atoms with Crippen LogP contribution in [0, 0.1) is 5.41 Å². The Bertz CT molecular complexity index is 896. The molecule has 1 aromatic heterocycles. The molecule has 1 aliphatic carbocycles. The van der Waals surface area contributed by atoms with Gasteiger partial charge in [0.1, 0.15) is 11.5 Å². The van der Waals surface area contributed by atoms with Gasteiger partial charge >= 0.3 is 0 Å². The van der Waals surface area contributed by atoms with Gasteiger partial charge in [0.25, 0.3) is 0 Å². The minimum absolute atomic E-state index is 0.208. The summed E-state index contributed by atoms with van der Waals surface area (Å²) in [6.45, 7) is 0. The van der Waals surface area contributed by atoms with Crippen LogP contribution < -0.4 is 10.5 Å². The Hall–Kier alpha value is -3.41. The highest BCUT2D eigenvalue weighted by atomic mass is 16.5. The first-order valence-corrected chi connectivity index (χ1v) is 7.62. The molecule has 0 aliphatic heterocycles. The molecule has 0 saturated heterocycles. The Labute approximate surface area is 145 Å². The predicted octanol–water partition coefficient (Wildman–Crippen LogP) is 3.10. The summed E-state index contributed by atoms with van der Waals surface area (Å²) in [5, 5.41) is 8.25. The van der Waals surface area contributed by atoms with Gasteiger partial charge in [-0.25, -0.2) is 9.97 Å². The van der Waals surface area contributed by atoms with Crippen LogP contribution in [-0.4, -0.2) is 29.9 Å². The number of nitrogen functional groups attached to an aromatic ring is 1. The zero-order chi connectivity index (χ0) is 17.8. The number of anilines is 1. The lowest BCUT2D eigenvalue weighted by Gasteiger charge is -2.16. The molecule has 0 bridgehead atoms. The van der Waals surface area contributed by atoms with Gasteiger partial charge in [-0.2, -0.15) is 0 Å². The maximum Gasteiger partial charge on any atom is 0.220 e. The Morgan fingerprint density at radius 3 is 2.48 bits per heavy atom. The summed E-state index contributed by atoms with van der Waals surface area (Å²) in [7, 11) is 3.21. The van der Waals surface area contributed by atoms with E-state index in [2.05, 4.69) is 9.97 Å². The molecule has 1 aromatic carbocycles. The molecule has 0 amide bonds. The van der Waals surface area contributed by atoms with Crippen molar-refractivity contribution in [3.63, 3.8) is 0 Å². The maximum absolute atomic E-state index is 8.25. The van der Waals surface area contributed by atoms with Crippen molar-refractivity contribution >= 4 is 23.0 Å². The van der Waals surface area contributed by atoms with Crippen molar-refractivity contribution < 1.29 is 9.47 Å². The van der Waals surface area contributed by atoms with Crippen molar-refractivity contribution in [2.75, 3.05) is 20.0 Å². The molecule has 1 aliphatic rings. The van der Waals surface area contributed by atoms with Crippen LogP contribution in [0.5, 0.6) is 5.75 Å². The lowest BCUT2D eigenvalue weighted by atomic mass is 9.95. The number of nitrogens with one attached hydrogen (secondary N) is 1. The predicted molar refractivity (Wildman–Crippen MR) is 98.2 cm³/mol. The van der Waals surface area contributed by atoms with Crippen molar-refractivity contribution in [2.24, 2.45) is 0 Å². The molecular formula is C19H18N4O2. The quantitative estimate of drug-likeness (QED) is 0.838. The molecule has 1 heterocycles. The molecule has 6 nitrogen and oxygen atoms in total. The van der Waals surface area contributed by atoms with Gasteiger partial charge in [0, 0.05) is 22.9 Å². The molecule has 0 fully saturated rings. The summed E-state index contributed by atoms with van der Waals surface area (Å²) in [5.41, 5.74) is 9.08. The first-order valence-electron chi connectivity index (χ1n) is 7.62. The molecule has 2 aromatic rings. The van der Waals surface area contributed by atoms with E-state index in [4.69, 9.17) is 20.6 Å². The van der Waals surface area contributed by atoms with Crippen LogP contribution >= 0.6 is 0 Å². The van der Waals surface area contributed by atoms with E-state index < -0.39 is 0 Å². The van der Waals surface area contributed by atoms with Crippen molar-refractivity contribution in [3.05, 3.63) is 71.6 Å².